The van der Waals surface area contributed by atoms with E-state index in [9.17, 15) is 8.78 Å². The predicted molar refractivity (Wildman–Crippen MR) is 70.3 cm³/mol. The Hall–Kier alpha value is -1.20. The van der Waals surface area contributed by atoms with Gasteiger partial charge >= 0.3 is 0 Å². The van der Waals surface area contributed by atoms with E-state index < -0.39 is 11.6 Å². The van der Waals surface area contributed by atoms with Crippen LogP contribution in [0.15, 0.2) is 12.1 Å². The molecule has 0 aliphatic rings. The van der Waals surface area contributed by atoms with Crippen molar-refractivity contribution in [2.45, 2.75) is 26.3 Å². The molecule has 1 N–H and O–H groups in total. The van der Waals surface area contributed by atoms with Gasteiger partial charge in [-0.2, -0.15) is 0 Å². The zero-order chi connectivity index (χ0) is 14.1. The summed E-state index contributed by atoms with van der Waals surface area (Å²) in [5.41, 5.74) is 0.545. The van der Waals surface area contributed by atoms with Crippen LogP contribution in [0.2, 0.25) is 0 Å². The van der Waals surface area contributed by atoms with Gasteiger partial charge in [0.05, 0.1) is 6.61 Å². The number of halogens is 2. The Labute approximate surface area is 112 Å². The van der Waals surface area contributed by atoms with E-state index in [0.29, 0.717) is 25.3 Å². The summed E-state index contributed by atoms with van der Waals surface area (Å²) in [5.74, 6) is -1.70. The van der Waals surface area contributed by atoms with E-state index in [1.54, 1.807) is 7.05 Å². The lowest BCUT2D eigenvalue weighted by atomic mass is 10.2. The zero-order valence-electron chi connectivity index (χ0n) is 11.5. The number of nitrogens with one attached hydrogen (secondary N) is 1. The van der Waals surface area contributed by atoms with Gasteiger partial charge in [-0.15, -0.1) is 0 Å². The first kappa shape index (κ1) is 15.9. The molecule has 0 aliphatic carbocycles. The van der Waals surface area contributed by atoms with Crippen molar-refractivity contribution in [1.29, 1.82) is 0 Å². The molecule has 0 unspecified atom stereocenters. The first-order valence-corrected chi connectivity index (χ1v) is 6.52. The molecule has 1 rings (SSSR count). The lowest BCUT2D eigenvalue weighted by Crippen LogP contribution is -2.11. The smallest absolute Gasteiger partial charge is 0.190 e. The van der Waals surface area contributed by atoms with Crippen molar-refractivity contribution >= 4 is 0 Å². The van der Waals surface area contributed by atoms with Gasteiger partial charge < -0.3 is 14.8 Å². The van der Waals surface area contributed by atoms with Crippen molar-refractivity contribution < 1.29 is 18.3 Å². The minimum absolute atomic E-state index is 0.142. The van der Waals surface area contributed by atoms with Crippen LogP contribution >= 0.6 is 0 Å². The average Bonchev–Trinajstić information content (AvgIpc) is 2.36. The van der Waals surface area contributed by atoms with Crippen molar-refractivity contribution in [2.75, 3.05) is 26.9 Å². The van der Waals surface area contributed by atoms with Crippen molar-refractivity contribution in [2.24, 2.45) is 0 Å². The molecule has 0 fully saturated rings. The van der Waals surface area contributed by atoms with Crippen LogP contribution in [-0.4, -0.2) is 26.9 Å². The summed E-state index contributed by atoms with van der Waals surface area (Å²) in [5, 5.41) is 2.84. The highest BCUT2D eigenvalue weighted by atomic mass is 19.1. The van der Waals surface area contributed by atoms with E-state index in [0.717, 1.165) is 12.8 Å². The summed E-state index contributed by atoms with van der Waals surface area (Å²) in [6, 6.07) is 2.54. The second-order valence-corrected chi connectivity index (χ2v) is 4.23. The Morgan fingerprint density at radius 3 is 2.37 bits per heavy atom. The minimum Gasteiger partial charge on any atom is -0.485 e. The average molecular weight is 273 g/mol. The maximum atomic E-state index is 13.6. The Kier molecular flexibility index (Phi) is 7.36. The van der Waals surface area contributed by atoms with Gasteiger partial charge in [-0.3, -0.25) is 0 Å². The van der Waals surface area contributed by atoms with Crippen LogP contribution in [-0.2, 0) is 11.3 Å². The lowest BCUT2D eigenvalue weighted by Gasteiger charge is -2.10. The Morgan fingerprint density at radius 2 is 1.79 bits per heavy atom. The van der Waals surface area contributed by atoms with Gasteiger partial charge in [-0.05, 0) is 31.2 Å². The van der Waals surface area contributed by atoms with Gasteiger partial charge in [-0.1, -0.05) is 13.3 Å². The molecule has 3 nitrogen and oxygen atoms in total. The molecule has 1 aromatic carbocycles. The molecule has 0 aliphatic heterocycles. The molecule has 0 saturated heterocycles. The molecule has 5 heteroatoms. The van der Waals surface area contributed by atoms with E-state index in [1.807, 2.05) is 0 Å². The van der Waals surface area contributed by atoms with Gasteiger partial charge in [0.1, 0.15) is 6.61 Å². The minimum atomic E-state index is -0.682. The Bertz CT molecular complexity index is 363. The van der Waals surface area contributed by atoms with Crippen LogP contribution in [0.25, 0.3) is 0 Å². The van der Waals surface area contributed by atoms with Gasteiger partial charge in [0.25, 0.3) is 0 Å². The van der Waals surface area contributed by atoms with Gasteiger partial charge in [0.15, 0.2) is 17.4 Å². The standard InChI is InChI=1S/C14H21F2NO2/c1-3-4-5-18-6-7-19-14-12(15)8-11(10-17-2)9-13(14)16/h8-9,17H,3-7,10H2,1-2H3. The Morgan fingerprint density at radius 1 is 1.11 bits per heavy atom. The van der Waals surface area contributed by atoms with Crippen LogP contribution < -0.4 is 10.1 Å². The highest BCUT2D eigenvalue weighted by molar-refractivity contribution is 5.31. The van der Waals surface area contributed by atoms with Crippen molar-refractivity contribution in [3.05, 3.63) is 29.3 Å². The summed E-state index contributed by atoms with van der Waals surface area (Å²) in [4.78, 5) is 0. The van der Waals surface area contributed by atoms with Crippen molar-refractivity contribution in [3.8, 4) is 5.75 Å². The van der Waals surface area contributed by atoms with Crippen molar-refractivity contribution in [3.63, 3.8) is 0 Å². The Balaban J connectivity index is 2.45. The molecule has 0 spiro atoms. The second kappa shape index (κ2) is 8.82. The summed E-state index contributed by atoms with van der Waals surface area (Å²) >= 11 is 0. The molecular weight excluding hydrogens is 252 g/mol. The summed E-state index contributed by atoms with van der Waals surface area (Å²) < 4.78 is 37.6. The second-order valence-electron chi connectivity index (χ2n) is 4.23. The highest BCUT2D eigenvalue weighted by Gasteiger charge is 2.12. The molecule has 0 saturated carbocycles. The molecular formula is C14H21F2NO2. The van der Waals surface area contributed by atoms with Crippen LogP contribution in [0, 0.1) is 11.6 Å². The predicted octanol–water partition coefficient (Wildman–Crippen LogP) is 2.88. The molecule has 1 aromatic rings. The van der Waals surface area contributed by atoms with E-state index in [2.05, 4.69) is 12.2 Å². The summed E-state index contributed by atoms with van der Waals surface area (Å²) in [6.45, 7) is 3.59. The molecule has 0 atom stereocenters. The number of hydrogen-bond donors (Lipinski definition) is 1. The largest absolute Gasteiger partial charge is 0.485 e. The summed E-state index contributed by atoms with van der Waals surface area (Å²) in [6.07, 6.45) is 2.03. The van der Waals surface area contributed by atoms with Gasteiger partial charge in [0, 0.05) is 13.2 Å². The first-order valence-electron chi connectivity index (χ1n) is 6.52. The topological polar surface area (TPSA) is 30.5 Å². The fourth-order valence-corrected chi connectivity index (χ4v) is 1.61. The third-order valence-electron chi connectivity index (χ3n) is 2.56. The normalized spacial score (nSPS) is 10.7. The molecule has 0 aromatic heterocycles. The van der Waals surface area contributed by atoms with Crippen LogP contribution in [0.3, 0.4) is 0 Å². The quantitative estimate of drug-likeness (QED) is 0.702. The van der Waals surface area contributed by atoms with Crippen molar-refractivity contribution in [1.82, 2.24) is 5.32 Å². The molecule has 0 amide bonds. The van der Waals surface area contributed by atoms with E-state index >= 15 is 0 Å². The third-order valence-corrected chi connectivity index (χ3v) is 2.56. The number of rotatable bonds is 9. The van der Waals surface area contributed by atoms with Crippen LogP contribution in [0.1, 0.15) is 25.3 Å². The van der Waals surface area contributed by atoms with E-state index in [4.69, 9.17) is 9.47 Å². The van der Waals surface area contributed by atoms with E-state index in [1.165, 1.54) is 12.1 Å². The molecule has 19 heavy (non-hydrogen) atoms. The fraction of sp³-hybridized carbons (Fsp3) is 0.571. The zero-order valence-corrected chi connectivity index (χ0v) is 11.5. The first-order chi connectivity index (χ1) is 9.19. The SMILES string of the molecule is CCCCOCCOc1c(F)cc(CNC)cc1F. The van der Waals surface area contributed by atoms with Gasteiger partial charge in [0.2, 0.25) is 0 Å². The van der Waals surface area contributed by atoms with Crippen LogP contribution in [0.5, 0.6) is 5.75 Å². The number of benzene rings is 1. The third kappa shape index (κ3) is 5.53. The molecule has 108 valence electrons. The molecule has 0 heterocycles. The highest BCUT2D eigenvalue weighted by Crippen LogP contribution is 2.23. The summed E-state index contributed by atoms with van der Waals surface area (Å²) in [7, 11) is 1.72. The maximum absolute atomic E-state index is 13.6. The molecule has 0 radical (unpaired) electrons. The number of ether oxygens (including phenoxy) is 2. The number of hydrogen-bond acceptors (Lipinski definition) is 3. The number of unbranched alkanes of at least 4 members (excludes halogenated alkanes) is 1. The maximum Gasteiger partial charge on any atom is 0.190 e. The van der Waals surface area contributed by atoms with E-state index in [-0.39, 0.29) is 12.4 Å². The molecule has 0 bridgehead atoms. The van der Waals surface area contributed by atoms with Crippen LogP contribution in [0.4, 0.5) is 8.78 Å². The fourth-order valence-electron chi connectivity index (χ4n) is 1.61. The van der Waals surface area contributed by atoms with Gasteiger partial charge in [-0.25, -0.2) is 8.78 Å². The monoisotopic (exact) mass is 273 g/mol. The lowest BCUT2D eigenvalue weighted by molar-refractivity contribution is 0.0951.